The minimum absolute atomic E-state index is 0.00221. The van der Waals surface area contributed by atoms with Crippen LogP contribution in [0.5, 0.6) is 5.75 Å². The summed E-state index contributed by atoms with van der Waals surface area (Å²) in [6, 6.07) is 27.4. The number of methoxy groups -OCH3 is 1. The van der Waals surface area contributed by atoms with Crippen molar-refractivity contribution in [2.45, 2.75) is 16.6 Å². The molecule has 0 spiro atoms. The molecule has 1 fully saturated rings. The molecular weight excluding hydrogens is 596 g/mol. The maximum atomic E-state index is 13.5. The average molecular weight is 623 g/mol. The fraction of sp³-hybridized carbons (Fsp3) is 0.0909. The van der Waals surface area contributed by atoms with Gasteiger partial charge in [0.05, 0.1) is 23.0 Å². The Balaban J connectivity index is 1.31. The lowest BCUT2D eigenvalue weighted by Crippen LogP contribution is -2.31. The van der Waals surface area contributed by atoms with E-state index in [2.05, 4.69) is 10.6 Å². The van der Waals surface area contributed by atoms with Crippen LogP contribution in [0, 0.1) is 10.1 Å². The number of non-ortho nitro benzene ring substituents is 1. The van der Waals surface area contributed by atoms with Gasteiger partial charge in [-0.2, -0.15) is 0 Å². The lowest BCUT2D eigenvalue weighted by molar-refractivity contribution is -0.384. The molecule has 0 aliphatic carbocycles. The number of thioether (sulfide) groups is 1. The Kier molecular flexibility index (Phi) is 9.34. The molecule has 226 valence electrons. The summed E-state index contributed by atoms with van der Waals surface area (Å²) in [5.41, 5.74) is 1.55. The number of nitro benzene ring substituents is 1. The van der Waals surface area contributed by atoms with Crippen LogP contribution in [0.15, 0.2) is 114 Å². The smallest absolute Gasteiger partial charge is 0.272 e. The lowest BCUT2D eigenvalue weighted by atomic mass is 10.1. The summed E-state index contributed by atoms with van der Waals surface area (Å²) in [6.07, 6.45) is 1.49. The summed E-state index contributed by atoms with van der Waals surface area (Å²) in [7, 11) is 1.55. The van der Waals surface area contributed by atoms with Crippen LogP contribution in [0.4, 0.5) is 17.1 Å². The third kappa shape index (κ3) is 7.43. The minimum Gasteiger partial charge on any atom is -0.497 e. The van der Waals surface area contributed by atoms with Crippen molar-refractivity contribution in [1.29, 1.82) is 0 Å². The Morgan fingerprint density at radius 1 is 0.956 bits per heavy atom. The number of nitrogens with one attached hydrogen (secondary N) is 2. The number of imide groups is 1. The van der Waals surface area contributed by atoms with Crippen LogP contribution in [-0.4, -0.2) is 40.9 Å². The molecule has 0 unspecified atom stereocenters. The van der Waals surface area contributed by atoms with Crippen molar-refractivity contribution in [3.05, 3.63) is 130 Å². The number of carbonyl (C=O) groups is 4. The molecule has 45 heavy (non-hydrogen) atoms. The van der Waals surface area contributed by atoms with Crippen LogP contribution in [0.2, 0.25) is 0 Å². The van der Waals surface area contributed by atoms with Gasteiger partial charge in [-0.05, 0) is 66.2 Å². The first-order valence-electron chi connectivity index (χ1n) is 13.6. The van der Waals surface area contributed by atoms with Crippen LogP contribution in [0.25, 0.3) is 6.08 Å². The van der Waals surface area contributed by atoms with Crippen molar-refractivity contribution in [2.24, 2.45) is 0 Å². The van der Waals surface area contributed by atoms with Crippen LogP contribution < -0.4 is 20.3 Å². The van der Waals surface area contributed by atoms with E-state index in [9.17, 15) is 29.3 Å². The zero-order chi connectivity index (χ0) is 31.9. The molecule has 4 amide bonds. The standard InChI is InChI=1S/C33H26N4O7S/c1-44-26-16-10-21(11-17-26)18-28(35-31(39)22-6-3-2-4-7-22)32(40)34-23-8-5-9-27(19-23)45-29-20-30(38)36(33(29)41)24-12-14-25(15-13-24)37(42)43/h2-19,29H,20H2,1H3,(H,34,40)(H,35,39)/b28-18-/t29-/m1/s1. The van der Waals surface area contributed by atoms with E-state index >= 15 is 0 Å². The van der Waals surface area contributed by atoms with Gasteiger partial charge in [-0.3, -0.25) is 29.3 Å². The number of hydrogen-bond donors (Lipinski definition) is 2. The number of amides is 4. The van der Waals surface area contributed by atoms with Crippen LogP contribution >= 0.6 is 11.8 Å². The fourth-order valence-electron chi connectivity index (χ4n) is 4.51. The van der Waals surface area contributed by atoms with Gasteiger partial charge < -0.3 is 15.4 Å². The maximum absolute atomic E-state index is 13.5. The van der Waals surface area contributed by atoms with Gasteiger partial charge >= 0.3 is 0 Å². The monoisotopic (exact) mass is 622 g/mol. The number of nitrogens with zero attached hydrogens (tertiary/aromatic N) is 2. The third-order valence-corrected chi connectivity index (χ3v) is 7.93. The molecule has 12 heteroatoms. The van der Waals surface area contributed by atoms with Gasteiger partial charge in [0.15, 0.2) is 0 Å². The highest BCUT2D eigenvalue weighted by Crippen LogP contribution is 2.35. The predicted molar refractivity (Wildman–Crippen MR) is 170 cm³/mol. The predicted octanol–water partition coefficient (Wildman–Crippen LogP) is 5.44. The van der Waals surface area contributed by atoms with Crippen molar-refractivity contribution < 1.29 is 28.8 Å². The van der Waals surface area contributed by atoms with E-state index in [0.717, 1.165) is 4.90 Å². The normalized spacial score (nSPS) is 14.6. The highest BCUT2D eigenvalue weighted by Gasteiger charge is 2.40. The fourth-order valence-corrected chi connectivity index (χ4v) is 5.62. The van der Waals surface area contributed by atoms with Crippen molar-refractivity contribution in [2.75, 3.05) is 17.3 Å². The molecule has 1 aliphatic rings. The molecule has 2 N–H and O–H groups in total. The molecule has 1 saturated heterocycles. The molecular formula is C33H26N4O7S. The number of nitro groups is 1. The number of hydrogen-bond acceptors (Lipinski definition) is 8. The van der Waals surface area contributed by atoms with E-state index in [1.165, 1.54) is 36.0 Å². The van der Waals surface area contributed by atoms with Gasteiger partial charge in [0, 0.05) is 34.7 Å². The zero-order valence-corrected chi connectivity index (χ0v) is 24.7. The number of anilines is 2. The van der Waals surface area contributed by atoms with Crippen molar-refractivity contribution in [1.82, 2.24) is 5.32 Å². The second-order valence-corrected chi connectivity index (χ2v) is 11.1. The summed E-state index contributed by atoms with van der Waals surface area (Å²) in [5.74, 6) is -1.26. The van der Waals surface area contributed by atoms with E-state index in [1.54, 1.807) is 92.0 Å². The van der Waals surface area contributed by atoms with Gasteiger partial charge in [0.1, 0.15) is 11.4 Å². The molecule has 4 aromatic carbocycles. The summed E-state index contributed by atoms with van der Waals surface area (Å²) in [4.78, 5) is 64.3. The maximum Gasteiger partial charge on any atom is 0.272 e. The van der Waals surface area contributed by atoms with Gasteiger partial charge in [0.2, 0.25) is 11.8 Å². The molecule has 1 aliphatic heterocycles. The molecule has 0 bridgehead atoms. The SMILES string of the molecule is COc1ccc(/C=C(\NC(=O)c2ccccc2)C(=O)Nc2cccc(S[C@@H]3CC(=O)N(c4ccc([N+](=O)[O-])cc4)C3=O)c2)cc1. The van der Waals surface area contributed by atoms with Gasteiger partial charge in [-0.25, -0.2) is 4.90 Å². The van der Waals surface area contributed by atoms with Crippen LogP contribution in [0.1, 0.15) is 22.3 Å². The Morgan fingerprint density at radius 3 is 2.33 bits per heavy atom. The minimum atomic E-state index is -0.727. The number of benzene rings is 4. The summed E-state index contributed by atoms with van der Waals surface area (Å²) in [5, 5.41) is 15.7. The summed E-state index contributed by atoms with van der Waals surface area (Å²) in [6.45, 7) is 0. The second kappa shape index (κ2) is 13.7. The highest BCUT2D eigenvalue weighted by atomic mass is 32.2. The first kappa shape index (κ1) is 30.7. The first-order valence-corrected chi connectivity index (χ1v) is 14.5. The van der Waals surface area contributed by atoms with Crippen molar-refractivity contribution >= 4 is 58.5 Å². The Morgan fingerprint density at radius 2 is 1.67 bits per heavy atom. The first-order chi connectivity index (χ1) is 21.7. The molecule has 1 atom stereocenters. The van der Waals surface area contributed by atoms with E-state index in [1.807, 2.05) is 0 Å². The van der Waals surface area contributed by atoms with E-state index in [0.29, 0.717) is 27.5 Å². The third-order valence-electron chi connectivity index (χ3n) is 6.75. The quantitative estimate of drug-likeness (QED) is 0.103. The van der Waals surface area contributed by atoms with Gasteiger partial charge in [-0.15, -0.1) is 11.8 Å². The molecule has 0 saturated carbocycles. The molecule has 0 radical (unpaired) electrons. The highest BCUT2D eigenvalue weighted by molar-refractivity contribution is 8.00. The molecule has 4 aromatic rings. The van der Waals surface area contributed by atoms with Gasteiger partial charge in [-0.1, -0.05) is 36.4 Å². The van der Waals surface area contributed by atoms with Crippen molar-refractivity contribution in [3.8, 4) is 5.75 Å². The molecule has 11 nitrogen and oxygen atoms in total. The van der Waals surface area contributed by atoms with E-state index in [4.69, 9.17) is 4.74 Å². The average Bonchev–Trinajstić information content (AvgIpc) is 3.33. The molecule has 5 rings (SSSR count). The van der Waals surface area contributed by atoms with E-state index in [-0.39, 0.29) is 23.5 Å². The number of rotatable bonds is 10. The molecule has 0 aromatic heterocycles. The Labute approximate surface area is 262 Å². The van der Waals surface area contributed by atoms with Crippen LogP contribution in [0.3, 0.4) is 0 Å². The Hall–Kier alpha value is -5.75. The number of carbonyl (C=O) groups excluding carboxylic acids is 4. The second-order valence-electron chi connectivity index (χ2n) is 9.78. The Bertz CT molecular complexity index is 1790. The van der Waals surface area contributed by atoms with Gasteiger partial charge in [0.25, 0.3) is 17.5 Å². The summed E-state index contributed by atoms with van der Waals surface area (Å²) >= 11 is 1.17. The van der Waals surface area contributed by atoms with Crippen molar-refractivity contribution in [3.63, 3.8) is 0 Å². The zero-order valence-electron chi connectivity index (χ0n) is 23.8. The lowest BCUT2D eigenvalue weighted by Gasteiger charge is -2.15. The van der Waals surface area contributed by atoms with E-state index < -0.39 is 33.8 Å². The molecule has 1 heterocycles. The summed E-state index contributed by atoms with van der Waals surface area (Å²) < 4.78 is 5.20. The largest absolute Gasteiger partial charge is 0.497 e. The number of ether oxygens (including phenoxy) is 1. The van der Waals surface area contributed by atoms with Crippen LogP contribution in [-0.2, 0) is 14.4 Å². The topological polar surface area (TPSA) is 148 Å².